The molecule has 3 nitrogen and oxygen atoms in total. The van der Waals surface area contributed by atoms with Crippen molar-refractivity contribution in [2.45, 2.75) is 25.4 Å². The SMILES string of the molecule is C=CCN1CCC(C)NC(CN(C)C)C1. The summed E-state index contributed by atoms with van der Waals surface area (Å²) in [6, 6.07) is 1.21. The molecule has 2 atom stereocenters. The molecule has 88 valence electrons. The van der Waals surface area contributed by atoms with Gasteiger partial charge in [0.1, 0.15) is 0 Å². The summed E-state index contributed by atoms with van der Waals surface area (Å²) in [7, 11) is 4.27. The minimum absolute atomic E-state index is 0.581. The van der Waals surface area contributed by atoms with Gasteiger partial charge < -0.3 is 10.2 Å². The van der Waals surface area contributed by atoms with Crippen LogP contribution in [0.25, 0.3) is 0 Å². The highest BCUT2D eigenvalue weighted by atomic mass is 15.2. The second kappa shape index (κ2) is 6.26. The van der Waals surface area contributed by atoms with Gasteiger partial charge in [0.15, 0.2) is 0 Å². The molecule has 0 amide bonds. The minimum Gasteiger partial charge on any atom is -0.309 e. The molecule has 0 aromatic heterocycles. The molecule has 1 rings (SSSR count). The molecule has 0 bridgehead atoms. The number of likely N-dealkylation sites (N-methyl/N-ethyl adjacent to an activating group) is 1. The van der Waals surface area contributed by atoms with Crippen LogP contribution in [0.15, 0.2) is 12.7 Å². The number of rotatable bonds is 4. The van der Waals surface area contributed by atoms with E-state index >= 15 is 0 Å². The molecule has 3 heteroatoms. The highest BCUT2D eigenvalue weighted by Crippen LogP contribution is 2.06. The second-order valence-corrected chi connectivity index (χ2v) is 4.86. The van der Waals surface area contributed by atoms with E-state index in [4.69, 9.17) is 0 Å². The fourth-order valence-corrected chi connectivity index (χ4v) is 2.22. The van der Waals surface area contributed by atoms with Crippen LogP contribution in [0.2, 0.25) is 0 Å². The largest absolute Gasteiger partial charge is 0.309 e. The third-order valence-corrected chi connectivity index (χ3v) is 2.85. The molecule has 0 aromatic carbocycles. The van der Waals surface area contributed by atoms with Crippen molar-refractivity contribution in [2.24, 2.45) is 0 Å². The van der Waals surface area contributed by atoms with Gasteiger partial charge in [0.2, 0.25) is 0 Å². The van der Waals surface area contributed by atoms with Crippen molar-refractivity contribution in [3.05, 3.63) is 12.7 Å². The Labute approximate surface area is 94.1 Å². The zero-order valence-corrected chi connectivity index (χ0v) is 10.4. The Bertz CT molecular complexity index is 191. The first kappa shape index (κ1) is 12.7. The van der Waals surface area contributed by atoms with Crippen LogP contribution in [-0.2, 0) is 0 Å². The molecular weight excluding hydrogens is 186 g/mol. The molecule has 1 fully saturated rings. The molecule has 15 heavy (non-hydrogen) atoms. The molecule has 0 spiro atoms. The Balaban J connectivity index is 2.49. The van der Waals surface area contributed by atoms with Gasteiger partial charge in [0, 0.05) is 31.7 Å². The summed E-state index contributed by atoms with van der Waals surface area (Å²) in [4.78, 5) is 4.74. The van der Waals surface area contributed by atoms with Gasteiger partial charge in [-0.15, -0.1) is 6.58 Å². The molecule has 1 aliphatic heterocycles. The summed E-state index contributed by atoms with van der Waals surface area (Å²) in [5, 5.41) is 3.68. The maximum atomic E-state index is 3.82. The highest BCUT2D eigenvalue weighted by molar-refractivity contribution is 4.85. The van der Waals surface area contributed by atoms with Crippen molar-refractivity contribution in [3.8, 4) is 0 Å². The van der Waals surface area contributed by atoms with Crippen LogP contribution in [0.5, 0.6) is 0 Å². The van der Waals surface area contributed by atoms with E-state index in [1.54, 1.807) is 0 Å². The van der Waals surface area contributed by atoms with Crippen molar-refractivity contribution in [2.75, 3.05) is 40.3 Å². The number of nitrogens with one attached hydrogen (secondary N) is 1. The Morgan fingerprint density at radius 1 is 1.53 bits per heavy atom. The van der Waals surface area contributed by atoms with Gasteiger partial charge in [-0.2, -0.15) is 0 Å². The maximum Gasteiger partial charge on any atom is 0.0324 e. The first-order chi connectivity index (χ1) is 7.11. The summed E-state index contributed by atoms with van der Waals surface area (Å²) in [6.07, 6.45) is 3.24. The predicted molar refractivity (Wildman–Crippen MR) is 66.2 cm³/mol. The molecule has 1 heterocycles. The summed E-state index contributed by atoms with van der Waals surface area (Å²) in [6.45, 7) is 10.5. The average Bonchev–Trinajstić information content (AvgIpc) is 2.28. The van der Waals surface area contributed by atoms with Gasteiger partial charge >= 0.3 is 0 Å². The van der Waals surface area contributed by atoms with Gasteiger partial charge in [-0.25, -0.2) is 0 Å². The Morgan fingerprint density at radius 2 is 2.27 bits per heavy atom. The van der Waals surface area contributed by atoms with Crippen LogP contribution in [0.3, 0.4) is 0 Å². The van der Waals surface area contributed by atoms with Gasteiger partial charge in [0.05, 0.1) is 0 Å². The van der Waals surface area contributed by atoms with Crippen molar-refractivity contribution in [1.29, 1.82) is 0 Å². The van der Waals surface area contributed by atoms with Gasteiger partial charge in [0.25, 0.3) is 0 Å². The quantitative estimate of drug-likeness (QED) is 0.694. The van der Waals surface area contributed by atoms with Crippen LogP contribution >= 0.6 is 0 Å². The van der Waals surface area contributed by atoms with Gasteiger partial charge in [-0.1, -0.05) is 6.08 Å². The van der Waals surface area contributed by atoms with Crippen molar-refractivity contribution in [1.82, 2.24) is 15.1 Å². The normalized spacial score (nSPS) is 29.1. The van der Waals surface area contributed by atoms with Gasteiger partial charge in [-0.3, -0.25) is 4.90 Å². The summed E-state index contributed by atoms with van der Waals surface area (Å²) in [5.74, 6) is 0. The third-order valence-electron chi connectivity index (χ3n) is 2.85. The first-order valence-electron chi connectivity index (χ1n) is 5.86. The molecule has 2 unspecified atom stereocenters. The van der Waals surface area contributed by atoms with Crippen LogP contribution in [0, 0.1) is 0 Å². The zero-order valence-electron chi connectivity index (χ0n) is 10.4. The Kier molecular flexibility index (Phi) is 5.29. The van der Waals surface area contributed by atoms with E-state index < -0.39 is 0 Å². The van der Waals surface area contributed by atoms with Crippen LogP contribution < -0.4 is 5.32 Å². The monoisotopic (exact) mass is 211 g/mol. The minimum atomic E-state index is 0.581. The van der Waals surface area contributed by atoms with E-state index in [-0.39, 0.29) is 0 Å². The fourth-order valence-electron chi connectivity index (χ4n) is 2.22. The zero-order chi connectivity index (χ0) is 11.3. The van der Waals surface area contributed by atoms with Crippen LogP contribution in [0.4, 0.5) is 0 Å². The molecule has 0 radical (unpaired) electrons. The van der Waals surface area contributed by atoms with Crippen LogP contribution in [-0.4, -0.2) is 62.2 Å². The van der Waals surface area contributed by atoms with E-state index in [9.17, 15) is 0 Å². The number of hydrogen-bond acceptors (Lipinski definition) is 3. The summed E-state index contributed by atoms with van der Waals surface area (Å²) >= 11 is 0. The summed E-state index contributed by atoms with van der Waals surface area (Å²) < 4.78 is 0. The molecule has 1 N–H and O–H groups in total. The Hall–Kier alpha value is -0.380. The van der Waals surface area contributed by atoms with Crippen LogP contribution in [0.1, 0.15) is 13.3 Å². The smallest absolute Gasteiger partial charge is 0.0324 e. The lowest BCUT2D eigenvalue weighted by Gasteiger charge is -2.26. The van der Waals surface area contributed by atoms with Crippen molar-refractivity contribution in [3.63, 3.8) is 0 Å². The van der Waals surface area contributed by atoms with E-state index in [1.807, 2.05) is 6.08 Å². The standard InChI is InChI=1S/C12H25N3/c1-5-7-15-8-6-11(2)13-12(10-15)9-14(3)4/h5,11-13H,1,6-10H2,2-4H3. The lowest BCUT2D eigenvalue weighted by Crippen LogP contribution is -2.46. The maximum absolute atomic E-state index is 3.82. The van der Waals surface area contributed by atoms with E-state index in [0.29, 0.717) is 12.1 Å². The molecule has 1 saturated heterocycles. The molecule has 0 saturated carbocycles. The van der Waals surface area contributed by atoms with E-state index in [0.717, 1.165) is 19.6 Å². The lowest BCUT2D eigenvalue weighted by molar-refractivity contribution is 0.260. The molecular formula is C12H25N3. The average molecular weight is 211 g/mol. The van der Waals surface area contributed by atoms with Crippen molar-refractivity contribution >= 4 is 0 Å². The molecule has 0 aliphatic carbocycles. The second-order valence-electron chi connectivity index (χ2n) is 4.86. The number of hydrogen-bond donors (Lipinski definition) is 1. The topological polar surface area (TPSA) is 18.5 Å². The Morgan fingerprint density at radius 3 is 2.87 bits per heavy atom. The third kappa shape index (κ3) is 4.78. The first-order valence-corrected chi connectivity index (χ1v) is 5.86. The molecule has 0 aromatic rings. The molecule has 1 aliphatic rings. The summed E-state index contributed by atoms with van der Waals surface area (Å²) in [5.41, 5.74) is 0. The number of nitrogens with zero attached hydrogens (tertiary/aromatic N) is 2. The van der Waals surface area contributed by atoms with Gasteiger partial charge in [-0.05, 0) is 34.0 Å². The van der Waals surface area contributed by atoms with E-state index in [2.05, 4.69) is 42.7 Å². The fraction of sp³-hybridized carbons (Fsp3) is 0.833. The predicted octanol–water partition coefficient (Wildman–Crippen LogP) is 0.786. The highest BCUT2D eigenvalue weighted by Gasteiger charge is 2.20. The lowest BCUT2D eigenvalue weighted by atomic mass is 10.2. The van der Waals surface area contributed by atoms with Crippen molar-refractivity contribution < 1.29 is 0 Å². The van der Waals surface area contributed by atoms with E-state index in [1.165, 1.54) is 13.0 Å².